The van der Waals surface area contributed by atoms with Crippen LogP contribution >= 0.6 is 0 Å². The SMILES string of the molecule is COn1nccn1. The highest BCUT2D eigenvalue weighted by molar-refractivity contribution is 4.56. The highest BCUT2D eigenvalue weighted by Gasteiger charge is 1.79. The maximum Gasteiger partial charge on any atom is 0.108 e. The average Bonchev–Trinajstić information content (AvgIpc) is 2.14. The molecule has 4 nitrogen and oxygen atoms in total. The molecule has 0 fully saturated rings. The van der Waals surface area contributed by atoms with Gasteiger partial charge in [0.2, 0.25) is 0 Å². The quantitative estimate of drug-likeness (QED) is 0.469. The molecule has 1 aromatic heterocycles. The molecule has 0 aliphatic heterocycles. The van der Waals surface area contributed by atoms with Gasteiger partial charge in [0.15, 0.2) is 0 Å². The Kier molecular flexibility index (Phi) is 0.934. The lowest BCUT2D eigenvalue weighted by Crippen LogP contribution is -2.08. The van der Waals surface area contributed by atoms with Crippen molar-refractivity contribution < 1.29 is 4.84 Å². The van der Waals surface area contributed by atoms with Crippen LogP contribution in [-0.4, -0.2) is 22.3 Å². The number of nitrogens with zero attached hydrogens (tertiary/aromatic N) is 3. The van der Waals surface area contributed by atoms with Crippen LogP contribution in [0.5, 0.6) is 0 Å². The predicted molar refractivity (Wildman–Crippen MR) is 22.5 cm³/mol. The molecule has 1 heterocycles. The van der Waals surface area contributed by atoms with E-state index in [0.29, 0.717) is 0 Å². The van der Waals surface area contributed by atoms with Gasteiger partial charge in [-0.3, -0.25) is 0 Å². The fourth-order valence-corrected chi connectivity index (χ4v) is 0.298. The molecule has 0 saturated heterocycles. The molecule has 0 atom stereocenters. The van der Waals surface area contributed by atoms with Crippen LogP contribution in [0.25, 0.3) is 0 Å². The van der Waals surface area contributed by atoms with E-state index in [1.165, 1.54) is 7.11 Å². The summed E-state index contributed by atoms with van der Waals surface area (Å²) in [5, 5.41) is 7.24. The van der Waals surface area contributed by atoms with E-state index in [4.69, 9.17) is 0 Å². The summed E-state index contributed by atoms with van der Waals surface area (Å²) in [6.45, 7) is 0. The summed E-state index contributed by atoms with van der Waals surface area (Å²) in [7, 11) is 1.50. The minimum atomic E-state index is 1.12. The van der Waals surface area contributed by atoms with Crippen molar-refractivity contribution in [3.8, 4) is 0 Å². The first-order valence-electron chi connectivity index (χ1n) is 1.84. The first-order chi connectivity index (χ1) is 3.43. The molecule has 4 heteroatoms. The topological polar surface area (TPSA) is 39.9 Å². The van der Waals surface area contributed by atoms with Gasteiger partial charge in [0.25, 0.3) is 0 Å². The third-order valence-corrected chi connectivity index (χ3v) is 0.561. The second-order valence-electron chi connectivity index (χ2n) is 0.964. The maximum absolute atomic E-state index is 4.55. The zero-order valence-electron chi connectivity index (χ0n) is 3.90. The molecule has 0 aromatic carbocycles. The monoisotopic (exact) mass is 99.0 g/mol. The average molecular weight is 99.1 g/mol. The fraction of sp³-hybridized carbons (Fsp3) is 0.333. The molecule has 0 spiro atoms. The van der Waals surface area contributed by atoms with E-state index in [1.54, 1.807) is 12.4 Å². The molecule has 0 aliphatic rings. The van der Waals surface area contributed by atoms with E-state index >= 15 is 0 Å². The fourth-order valence-electron chi connectivity index (χ4n) is 0.298. The van der Waals surface area contributed by atoms with E-state index in [-0.39, 0.29) is 0 Å². The number of hydrogen-bond acceptors (Lipinski definition) is 3. The Hall–Kier alpha value is -1.06. The summed E-state index contributed by atoms with van der Waals surface area (Å²) in [4.78, 5) is 5.67. The zero-order valence-corrected chi connectivity index (χ0v) is 3.90. The van der Waals surface area contributed by atoms with Crippen molar-refractivity contribution in [2.45, 2.75) is 0 Å². The summed E-state index contributed by atoms with van der Waals surface area (Å²) in [5.74, 6) is 0. The van der Waals surface area contributed by atoms with Gasteiger partial charge >= 0.3 is 0 Å². The van der Waals surface area contributed by atoms with Crippen LogP contribution in [0, 0.1) is 0 Å². The summed E-state index contributed by atoms with van der Waals surface area (Å²) in [6.07, 6.45) is 3.09. The number of hydrogen-bond donors (Lipinski definition) is 0. The zero-order chi connectivity index (χ0) is 5.11. The lowest BCUT2D eigenvalue weighted by atomic mass is 11.0. The smallest absolute Gasteiger partial charge is 0.108 e. The molecule has 0 bridgehead atoms. The van der Waals surface area contributed by atoms with Crippen LogP contribution < -0.4 is 4.84 Å². The molecular formula is C3H5N3O. The molecule has 1 aromatic rings. The van der Waals surface area contributed by atoms with Crippen molar-refractivity contribution in [1.29, 1.82) is 0 Å². The molecule has 38 valence electrons. The normalized spacial score (nSPS) is 8.71. The highest BCUT2D eigenvalue weighted by atomic mass is 16.7. The van der Waals surface area contributed by atoms with Gasteiger partial charge in [0.05, 0.1) is 12.4 Å². The van der Waals surface area contributed by atoms with Gasteiger partial charge in [-0.2, -0.15) is 0 Å². The van der Waals surface area contributed by atoms with Crippen molar-refractivity contribution in [2.75, 3.05) is 7.11 Å². The Morgan fingerprint density at radius 3 is 2.29 bits per heavy atom. The van der Waals surface area contributed by atoms with Crippen molar-refractivity contribution in [3.05, 3.63) is 12.4 Å². The number of rotatable bonds is 1. The molecule has 1 rings (SSSR count). The lowest BCUT2D eigenvalue weighted by Gasteiger charge is -1.88. The summed E-state index contributed by atoms with van der Waals surface area (Å²) in [6, 6.07) is 0. The van der Waals surface area contributed by atoms with Gasteiger partial charge in [-0.05, 0) is 4.96 Å². The molecule has 0 N–H and O–H groups in total. The maximum atomic E-state index is 4.55. The van der Waals surface area contributed by atoms with E-state index < -0.39 is 0 Å². The molecule has 0 radical (unpaired) electrons. The van der Waals surface area contributed by atoms with Crippen LogP contribution in [0.15, 0.2) is 12.4 Å². The van der Waals surface area contributed by atoms with Gasteiger partial charge in [0, 0.05) is 0 Å². The van der Waals surface area contributed by atoms with Crippen LogP contribution in [0.2, 0.25) is 0 Å². The van der Waals surface area contributed by atoms with E-state index in [2.05, 4.69) is 15.0 Å². The largest absolute Gasteiger partial charge is 0.385 e. The Labute approximate surface area is 40.7 Å². The van der Waals surface area contributed by atoms with Crippen LogP contribution in [0.4, 0.5) is 0 Å². The Morgan fingerprint density at radius 2 is 2.00 bits per heavy atom. The molecule has 0 unspecified atom stereocenters. The van der Waals surface area contributed by atoms with Gasteiger partial charge in [-0.25, -0.2) is 0 Å². The van der Waals surface area contributed by atoms with E-state index in [0.717, 1.165) is 4.96 Å². The van der Waals surface area contributed by atoms with Crippen LogP contribution in [0.3, 0.4) is 0 Å². The molecule has 0 aliphatic carbocycles. The lowest BCUT2D eigenvalue weighted by molar-refractivity contribution is 0.0996. The molecule has 0 saturated carbocycles. The molecule has 7 heavy (non-hydrogen) atoms. The van der Waals surface area contributed by atoms with Crippen LogP contribution in [-0.2, 0) is 0 Å². The van der Waals surface area contributed by atoms with E-state index in [1.807, 2.05) is 0 Å². The second-order valence-corrected chi connectivity index (χ2v) is 0.964. The van der Waals surface area contributed by atoms with Gasteiger partial charge < -0.3 is 4.84 Å². The Bertz CT molecular complexity index is 125. The first-order valence-corrected chi connectivity index (χ1v) is 1.84. The second kappa shape index (κ2) is 1.59. The van der Waals surface area contributed by atoms with Gasteiger partial charge in [-0.15, -0.1) is 10.2 Å². The van der Waals surface area contributed by atoms with Gasteiger partial charge in [-0.1, -0.05) is 0 Å². The first kappa shape index (κ1) is 4.11. The van der Waals surface area contributed by atoms with Crippen molar-refractivity contribution in [3.63, 3.8) is 0 Å². The minimum Gasteiger partial charge on any atom is -0.385 e. The third-order valence-electron chi connectivity index (χ3n) is 0.561. The van der Waals surface area contributed by atoms with E-state index in [9.17, 15) is 0 Å². The predicted octanol–water partition coefficient (Wildman–Crippen LogP) is -0.664. The molecular weight excluding hydrogens is 94.1 g/mol. The summed E-state index contributed by atoms with van der Waals surface area (Å²) >= 11 is 0. The van der Waals surface area contributed by atoms with Crippen molar-refractivity contribution in [2.24, 2.45) is 0 Å². The van der Waals surface area contributed by atoms with Crippen molar-refractivity contribution in [1.82, 2.24) is 15.2 Å². The van der Waals surface area contributed by atoms with Crippen LogP contribution in [0.1, 0.15) is 0 Å². The molecule has 0 amide bonds. The summed E-state index contributed by atoms with van der Waals surface area (Å²) in [5.41, 5.74) is 0. The Morgan fingerprint density at radius 1 is 1.43 bits per heavy atom. The Balaban J connectivity index is 2.76. The van der Waals surface area contributed by atoms with Crippen molar-refractivity contribution >= 4 is 0 Å². The number of aromatic nitrogens is 3. The standard InChI is InChI=1S/C3H5N3O/c1-7-6-4-2-3-5-6/h2-3H,1H3. The minimum absolute atomic E-state index is 1.12. The highest BCUT2D eigenvalue weighted by Crippen LogP contribution is 1.66. The van der Waals surface area contributed by atoms with Gasteiger partial charge in [0.1, 0.15) is 7.11 Å². The third kappa shape index (κ3) is 0.677. The summed E-state index contributed by atoms with van der Waals surface area (Å²) < 4.78 is 0.